The molecule has 0 radical (unpaired) electrons. The molecule has 0 N–H and O–H groups in total. The molecule has 2 heteroatoms. The van der Waals surface area contributed by atoms with Crippen LogP contribution in [-0.4, -0.2) is 0 Å². The van der Waals surface area contributed by atoms with E-state index in [1.54, 1.807) is 0 Å². The highest BCUT2D eigenvalue weighted by Crippen LogP contribution is 2.01. The van der Waals surface area contributed by atoms with Crippen molar-refractivity contribution in [3.63, 3.8) is 0 Å². The zero-order valence-electron chi connectivity index (χ0n) is 5.53. The third kappa shape index (κ3) is 3.14. The van der Waals surface area contributed by atoms with Crippen LogP contribution in [0.15, 0.2) is 36.1 Å². The van der Waals surface area contributed by atoms with Crippen molar-refractivity contribution in [1.82, 2.24) is 0 Å². The van der Waals surface area contributed by atoms with E-state index >= 15 is 0 Å². The molecule has 0 aromatic heterocycles. The summed E-state index contributed by atoms with van der Waals surface area (Å²) < 4.78 is 0. The Morgan fingerprint density at radius 1 is 1.10 bits per heavy atom. The van der Waals surface area contributed by atoms with Crippen LogP contribution < -0.4 is 0 Å². The first kappa shape index (κ1) is 9.87. The summed E-state index contributed by atoms with van der Waals surface area (Å²) >= 11 is 0. The Kier molecular flexibility index (Phi) is 5.57. The SMILES string of the molecule is Br.PC=Cc1ccccc1. The first-order chi connectivity index (χ1) is 4.43. The van der Waals surface area contributed by atoms with E-state index in [1.807, 2.05) is 30.1 Å². The zero-order chi connectivity index (χ0) is 6.53. The quantitative estimate of drug-likeness (QED) is 0.634. The summed E-state index contributed by atoms with van der Waals surface area (Å²) in [5.41, 5.74) is 1.24. The highest BCUT2D eigenvalue weighted by Gasteiger charge is 1.77. The van der Waals surface area contributed by atoms with Gasteiger partial charge in [0.25, 0.3) is 0 Å². The lowest BCUT2D eigenvalue weighted by Gasteiger charge is -1.86. The van der Waals surface area contributed by atoms with Gasteiger partial charge in [0, 0.05) is 0 Å². The van der Waals surface area contributed by atoms with Gasteiger partial charge in [-0.25, -0.2) is 0 Å². The van der Waals surface area contributed by atoms with Gasteiger partial charge in [-0.3, -0.25) is 0 Å². The molecule has 0 aliphatic heterocycles. The number of halogens is 1. The maximum Gasteiger partial charge on any atom is -0.0256 e. The van der Waals surface area contributed by atoms with Crippen LogP contribution in [0.4, 0.5) is 0 Å². The molecule has 0 saturated carbocycles. The van der Waals surface area contributed by atoms with Gasteiger partial charge in [-0.1, -0.05) is 42.2 Å². The molecule has 0 fully saturated rings. The molecule has 0 saturated heterocycles. The van der Waals surface area contributed by atoms with E-state index in [2.05, 4.69) is 21.4 Å². The standard InChI is InChI=1S/C8H9P.BrH/c9-7-6-8-4-2-1-3-5-8;/h1-7H,9H2;1H. The van der Waals surface area contributed by atoms with Crippen molar-refractivity contribution in [2.75, 3.05) is 0 Å². The average Bonchev–Trinajstić information content (AvgIpc) is 1.91. The summed E-state index contributed by atoms with van der Waals surface area (Å²) in [6.07, 6.45) is 2.05. The Hall–Kier alpha value is -0.130. The van der Waals surface area contributed by atoms with E-state index in [9.17, 15) is 0 Å². The second kappa shape index (κ2) is 5.64. The fourth-order valence-electron chi connectivity index (χ4n) is 0.675. The highest BCUT2D eigenvalue weighted by atomic mass is 79.9. The Balaban J connectivity index is 0.000000810. The molecule has 0 aliphatic carbocycles. The van der Waals surface area contributed by atoms with E-state index in [4.69, 9.17) is 0 Å². The molecule has 0 spiro atoms. The minimum absolute atomic E-state index is 0. The molecule has 1 aromatic rings. The van der Waals surface area contributed by atoms with Crippen molar-refractivity contribution >= 4 is 32.3 Å². The number of benzene rings is 1. The van der Waals surface area contributed by atoms with E-state index in [-0.39, 0.29) is 17.0 Å². The van der Waals surface area contributed by atoms with Crippen molar-refractivity contribution in [3.05, 3.63) is 41.7 Å². The van der Waals surface area contributed by atoms with Gasteiger partial charge >= 0.3 is 0 Å². The summed E-state index contributed by atoms with van der Waals surface area (Å²) in [6.45, 7) is 0. The lowest BCUT2D eigenvalue weighted by molar-refractivity contribution is 1.67. The maximum atomic E-state index is 2.55. The summed E-state index contributed by atoms with van der Waals surface area (Å²) in [5.74, 6) is 1.95. The van der Waals surface area contributed by atoms with Gasteiger partial charge < -0.3 is 0 Å². The van der Waals surface area contributed by atoms with Crippen molar-refractivity contribution < 1.29 is 0 Å². The van der Waals surface area contributed by atoms with Crippen LogP contribution in [-0.2, 0) is 0 Å². The molecular formula is C8H10BrP. The van der Waals surface area contributed by atoms with Crippen LogP contribution in [0.5, 0.6) is 0 Å². The molecule has 1 rings (SSSR count). The van der Waals surface area contributed by atoms with Crippen LogP contribution >= 0.6 is 26.2 Å². The van der Waals surface area contributed by atoms with Gasteiger partial charge in [-0.2, -0.15) is 0 Å². The minimum Gasteiger partial charge on any atom is -0.114 e. The molecule has 10 heavy (non-hydrogen) atoms. The van der Waals surface area contributed by atoms with E-state index in [0.717, 1.165) is 0 Å². The van der Waals surface area contributed by atoms with Crippen LogP contribution in [0.1, 0.15) is 5.56 Å². The molecule has 1 unspecified atom stereocenters. The Morgan fingerprint density at radius 2 is 1.70 bits per heavy atom. The predicted molar refractivity (Wildman–Crippen MR) is 55.5 cm³/mol. The lowest BCUT2D eigenvalue weighted by Crippen LogP contribution is -1.64. The minimum atomic E-state index is 0. The van der Waals surface area contributed by atoms with Crippen LogP contribution in [0.3, 0.4) is 0 Å². The molecule has 54 valence electrons. The Bertz CT molecular complexity index is 194. The fraction of sp³-hybridized carbons (Fsp3) is 0. The molecule has 0 aliphatic rings. The van der Waals surface area contributed by atoms with E-state index < -0.39 is 0 Å². The summed E-state index contributed by atoms with van der Waals surface area (Å²) in [4.78, 5) is 0. The van der Waals surface area contributed by atoms with Crippen molar-refractivity contribution in [2.24, 2.45) is 0 Å². The molecule has 0 heterocycles. The zero-order valence-corrected chi connectivity index (χ0v) is 8.39. The summed E-state index contributed by atoms with van der Waals surface area (Å²) in [5, 5.41) is 0. The maximum absolute atomic E-state index is 2.55. The highest BCUT2D eigenvalue weighted by molar-refractivity contribution is 8.93. The van der Waals surface area contributed by atoms with Crippen LogP contribution in [0.2, 0.25) is 0 Å². The van der Waals surface area contributed by atoms with Gasteiger partial charge in [0.2, 0.25) is 0 Å². The Morgan fingerprint density at radius 3 is 2.20 bits per heavy atom. The third-order valence-electron chi connectivity index (χ3n) is 1.09. The number of hydrogen-bond donors (Lipinski definition) is 0. The molecular weight excluding hydrogens is 207 g/mol. The van der Waals surface area contributed by atoms with Crippen molar-refractivity contribution in [3.8, 4) is 0 Å². The Labute approximate surface area is 74.3 Å². The molecule has 0 nitrogen and oxygen atoms in total. The molecule has 1 aromatic carbocycles. The number of hydrogen-bond acceptors (Lipinski definition) is 0. The molecule has 0 bridgehead atoms. The smallest absolute Gasteiger partial charge is 0.0256 e. The van der Waals surface area contributed by atoms with Gasteiger partial charge in [-0.15, -0.1) is 26.2 Å². The van der Waals surface area contributed by atoms with Crippen molar-refractivity contribution in [1.29, 1.82) is 0 Å². The second-order valence-electron chi connectivity index (χ2n) is 1.77. The van der Waals surface area contributed by atoms with E-state index in [1.165, 1.54) is 5.56 Å². The fourth-order valence-corrected chi connectivity index (χ4v) is 0.897. The predicted octanol–water partition coefficient (Wildman–Crippen LogP) is 3.11. The first-order valence-corrected chi connectivity index (χ1v) is 3.53. The lowest BCUT2D eigenvalue weighted by atomic mass is 10.2. The van der Waals surface area contributed by atoms with Crippen LogP contribution in [0.25, 0.3) is 6.08 Å². The van der Waals surface area contributed by atoms with Crippen LogP contribution in [0, 0.1) is 0 Å². The third-order valence-corrected chi connectivity index (χ3v) is 1.28. The largest absolute Gasteiger partial charge is 0.114 e. The van der Waals surface area contributed by atoms with Crippen molar-refractivity contribution in [2.45, 2.75) is 0 Å². The first-order valence-electron chi connectivity index (χ1n) is 2.87. The molecule has 1 atom stereocenters. The van der Waals surface area contributed by atoms with Gasteiger partial charge in [0.15, 0.2) is 0 Å². The average molecular weight is 217 g/mol. The monoisotopic (exact) mass is 216 g/mol. The second-order valence-corrected chi connectivity index (χ2v) is 2.15. The summed E-state index contributed by atoms with van der Waals surface area (Å²) in [7, 11) is 2.55. The number of rotatable bonds is 1. The van der Waals surface area contributed by atoms with Gasteiger partial charge in [0.05, 0.1) is 0 Å². The van der Waals surface area contributed by atoms with Gasteiger partial charge in [0.1, 0.15) is 0 Å². The summed E-state index contributed by atoms with van der Waals surface area (Å²) in [6, 6.07) is 10.2. The van der Waals surface area contributed by atoms with E-state index in [0.29, 0.717) is 0 Å². The molecule has 0 amide bonds. The normalized spacial score (nSPS) is 9.30. The van der Waals surface area contributed by atoms with Gasteiger partial charge in [-0.05, 0) is 5.56 Å². The topological polar surface area (TPSA) is 0 Å².